The highest BCUT2D eigenvalue weighted by molar-refractivity contribution is 5.12. The van der Waals surface area contributed by atoms with Crippen LogP contribution in [0.5, 0.6) is 0 Å². The van der Waals surface area contributed by atoms with Gasteiger partial charge in [0.2, 0.25) is 0 Å². The molecular weight excluding hydrogens is 128 g/mol. The second-order valence-electron chi connectivity index (χ2n) is 3.56. The average Bonchev–Trinajstić information content (AvgIpc) is 1.61. The summed E-state index contributed by atoms with van der Waals surface area (Å²) < 4.78 is 0. The van der Waals surface area contributed by atoms with Crippen LogP contribution in [0, 0.1) is 17.4 Å². The van der Waals surface area contributed by atoms with Crippen LogP contribution in [0.1, 0.15) is 27.7 Å². The molecule has 1 unspecified atom stereocenters. The lowest BCUT2D eigenvalue weighted by molar-refractivity contribution is 0.0123. The van der Waals surface area contributed by atoms with E-state index < -0.39 is 5.60 Å². The highest BCUT2D eigenvalue weighted by Crippen LogP contribution is 2.28. The van der Waals surface area contributed by atoms with E-state index >= 15 is 0 Å². The Bertz CT molecular complexity index is 164. The van der Waals surface area contributed by atoms with Crippen molar-refractivity contribution in [3.8, 4) is 12.0 Å². The Morgan fingerprint density at radius 3 is 1.60 bits per heavy atom. The van der Waals surface area contributed by atoms with Crippen LogP contribution >= 0.6 is 0 Å². The van der Waals surface area contributed by atoms with E-state index in [9.17, 15) is 5.11 Å². The van der Waals surface area contributed by atoms with Gasteiger partial charge in [-0.2, -0.15) is 0 Å². The molecule has 0 aromatic carbocycles. The van der Waals surface area contributed by atoms with Gasteiger partial charge in [-0.1, -0.05) is 20.8 Å². The van der Waals surface area contributed by atoms with Crippen LogP contribution in [0.4, 0.5) is 0 Å². The molecule has 1 atom stereocenters. The molecule has 0 radical (unpaired) electrons. The minimum absolute atomic E-state index is 0.331. The molecule has 0 aliphatic carbocycles. The molecule has 0 heterocycles. The van der Waals surface area contributed by atoms with Crippen LogP contribution in [0.2, 0.25) is 0 Å². The van der Waals surface area contributed by atoms with Crippen LogP contribution in [0.25, 0.3) is 0 Å². The van der Waals surface area contributed by atoms with Crippen molar-refractivity contribution in [2.24, 2.45) is 5.41 Å². The third-order valence-corrected chi connectivity index (χ3v) is 1.76. The van der Waals surface area contributed by atoms with Gasteiger partial charge in [0.15, 0.2) is 0 Å². The first-order valence-electron chi connectivity index (χ1n) is 3.20. The zero-order valence-electron chi connectivity index (χ0n) is 6.89. The summed E-state index contributed by atoms with van der Waals surface area (Å²) in [6.45, 7) is 7.16. The van der Waals surface area contributed by atoms with Gasteiger partial charge in [-0.3, -0.25) is 0 Å². The van der Waals surface area contributed by atoms with Crippen LogP contribution < -0.4 is 0 Å². The first-order chi connectivity index (χ1) is 4.31. The van der Waals surface area contributed by atoms with E-state index in [0.717, 1.165) is 0 Å². The van der Waals surface area contributed by atoms with Gasteiger partial charge in [0.25, 0.3) is 0 Å². The maximum atomic E-state index is 9.52. The Hall–Kier alpha value is -0.680. The van der Waals surface area contributed by atoms with E-state index in [1.54, 1.807) is 13.0 Å². The highest BCUT2D eigenvalue weighted by atomic mass is 16.3. The quantitative estimate of drug-likeness (QED) is 0.497. The molecule has 0 aliphatic heterocycles. The largest absolute Gasteiger partial charge is 0.462 e. The monoisotopic (exact) mass is 142 g/mol. The van der Waals surface area contributed by atoms with Crippen molar-refractivity contribution >= 4 is 0 Å². The van der Waals surface area contributed by atoms with Crippen molar-refractivity contribution in [3.05, 3.63) is 0 Å². The summed E-state index contributed by atoms with van der Waals surface area (Å²) in [6, 6.07) is 0. The van der Waals surface area contributed by atoms with E-state index in [1.807, 2.05) is 20.8 Å². The first-order valence-corrected chi connectivity index (χ1v) is 3.20. The molecule has 0 fully saturated rings. The molecule has 0 bridgehead atoms. The highest BCUT2D eigenvalue weighted by Gasteiger charge is 2.33. The van der Waals surface area contributed by atoms with Crippen molar-refractivity contribution in [1.82, 2.24) is 0 Å². The fourth-order valence-corrected chi connectivity index (χ4v) is 0.296. The molecular formula is C8H14O2. The normalized spacial score (nSPS) is 16.9. The van der Waals surface area contributed by atoms with E-state index in [2.05, 4.69) is 5.92 Å². The molecule has 0 amide bonds. The third-order valence-electron chi connectivity index (χ3n) is 1.76. The van der Waals surface area contributed by atoms with Gasteiger partial charge < -0.3 is 10.2 Å². The first kappa shape index (κ1) is 9.32. The van der Waals surface area contributed by atoms with Gasteiger partial charge in [0.1, 0.15) is 11.7 Å². The van der Waals surface area contributed by atoms with Crippen molar-refractivity contribution in [1.29, 1.82) is 0 Å². The van der Waals surface area contributed by atoms with E-state index in [0.29, 0.717) is 0 Å². The summed E-state index contributed by atoms with van der Waals surface area (Å²) in [4.78, 5) is 0. The molecule has 0 rings (SSSR count). The summed E-state index contributed by atoms with van der Waals surface area (Å²) in [6.07, 6.45) is 1.71. The molecule has 10 heavy (non-hydrogen) atoms. The predicted octanol–water partition coefficient (Wildman–Crippen LogP) is 1.12. The second kappa shape index (κ2) is 2.51. The predicted molar refractivity (Wildman–Crippen MR) is 39.8 cm³/mol. The van der Waals surface area contributed by atoms with Crippen molar-refractivity contribution in [2.45, 2.75) is 33.3 Å². The molecule has 2 N–H and O–H groups in total. The molecule has 0 aromatic heterocycles. The molecule has 0 spiro atoms. The van der Waals surface area contributed by atoms with Crippen LogP contribution in [-0.2, 0) is 0 Å². The number of aliphatic hydroxyl groups excluding tert-OH is 1. The number of aliphatic hydroxyl groups is 2. The Labute approximate surface area is 61.9 Å². The fraction of sp³-hybridized carbons (Fsp3) is 0.750. The minimum Gasteiger partial charge on any atom is -0.462 e. The zero-order valence-corrected chi connectivity index (χ0v) is 6.89. The molecule has 0 saturated heterocycles. The number of hydrogen-bond donors (Lipinski definition) is 2. The lowest BCUT2D eigenvalue weighted by atomic mass is 9.78. The van der Waals surface area contributed by atoms with Gasteiger partial charge >= 0.3 is 0 Å². The van der Waals surface area contributed by atoms with Crippen LogP contribution in [0.3, 0.4) is 0 Å². The second-order valence-corrected chi connectivity index (χ2v) is 3.56. The lowest BCUT2D eigenvalue weighted by Gasteiger charge is -2.31. The molecule has 2 heteroatoms. The Balaban J connectivity index is 4.51. The molecule has 0 saturated carbocycles. The van der Waals surface area contributed by atoms with Crippen LogP contribution in [-0.4, -0.2) is 15.8 Å². The van der Waals surface area contributed by atoms with Gasteiger partial charge in [-0.25, -0.2) is 0 Å². The SMILES string of the molecule is CC(C)(C)C(C)(O)C#CO. The van der Waals surface area contributed by atoms with Gasteiger partial charge in [-0.05, 0) is 12.8 Å². The van der Waals surface area contributed by atoms with Gasteiger partial charge in [0, 0.05) is 5.41 Å². The smallest absolute Gasteiger partial charge is 0.130 e. The van der Waals surface area contributed by atoms with E-state index in [1.165, 1.54) is 0 Å². The molecule has 0 aliphatic rings. The third kappa shape index (κ3) is 1.93. The molecule has 2 nitrogen and oxygen atoms in total. The van der Waals surface area contributed by atoms with E-state index in [-0.39, 0.29) is 5.41 Å². The summed E-state index contributed by atoms with van der Waals surface area (Å²) in [5.74, 6) is 2.32. The van der Waals surface area contributed by atoms with E-state index in [4.69, 9.17) is 5.11 Å². The van der Waals surface area contributed by atoms with Crippen LogP contribution in [0.15, 0.2) is 0 Å². The summed E-state index contributed by atoms with van der Waals surface area (Å²) in [5, 5.41) is 17.8. The maximum Gasteiger partial charge on any atom is 0.130 e. The average molecular weight is 142 g/mol. The summed E-state index contributed by atoms with van der Waals surface area (Å²) in [7, 11) is 0. The topological polar surface area (TPSA) is 40.5 Å². The Morgan fingerprint density at radius 2 is 1.50 bits per heavy atom. The van der Waals surface area contributed by atoms with Gasteiger partial charge in [-0.15, -0.1) is 0 Å². The standard InChI is InChI=1S/C8H14O2/c1-7(2,3)8(4,10)5-6-9/h9-10H,1-4H3. The minimum atomic E-state index is -1.12. The van der Waals surface area contributed by atoms with Crippen molar-refractivity contribution in [3.63, 3.8) is 0 Å². The van der Waals surface area contributed by atoms with Gasteiger partial charge in [0.05, 0.1) is 0 Å². The van der Waals surface area contributed by atoms with Crippen molar-refractivity contribution in [2.75, 3.05) is 0 Å². The van der Waals surface area contributed by atoms with Crippen molar-refractivity contribution < 1.29 is 10.2 Å². The zero-order chi connectivity index (χ0) is 8.41. The summed E-state index contributed by atoms with van der Waals surface area (Å²) >= 11 is 0. The molecule has 0 aromatic rings. The Kier molecular flexibility index (Phi) is 2.34. The Morgan fingerprint density at radius 1 is 1.10 bits per heavy atom. The maximum absolute atomic E-state index is 9.52. The number of hydrogen-bond acceptors (Lipinski definition) is 2. The molecule has 58 valence electrons. The fourth-order valence-electron chi connectivity index (χ4n) is 0.296. The number of rotatable bonds is 0. The summed E-state index contributed by atoms with van der Waals surface area (Å²) in [5.41, 5.74) is -1.45. The lowest BCUT2D eigenvalue weighted by Crippen LogP contribution is -2.38.